The van der Waals surface area contributed by atoms with Crippen molar-refractivity contribution in [3.05, 3.63) is 70.7 Å². The molecule has 110 valence electrons. The van der Waals surface area contributed by atoms with Gasteiger partial charge in [-0.2, -0.15) is 0 Å². The molecule has 0 aliphatic carbocycles. The van der Waals surface area contributed by atoms with Crippen molar-refractivity contribution in [3.8, 4) is 11.3 Å². The second kappa shape index (κ2) is 4.54. The van der Waals surface area contributed by atoms with Crippen LogP contribution in [0.25, 0.3) is 38.0 Å². The SMILES string of the molecule is O=c1oc2ccc3ccccc3c2cc1-c1cn2ccsc2n1. The molecule has 5 aromatic rings. The minimum absolute atomic E-state index is 0.362. The summed E-state index contributed by atoms with van der Waals surface area (Å²) in [5, 5.41) is 5.07. The van der Waals surface area contributed by atoms with Crippen LogP contribution in [0, 0.1) is 0 Å². The maximum absolute atomic E-state index is 12.4. The average molecular weight is 318 g/mol. The Labute approximate surface area is 134 Å². The molecule has 0 unspecified atom stereocenters. The van der Waals surface area contributed by atoms with Gasteiger partial charge in [-0.15, -0.1) is 11.3 Å². The van der Waals surface area contributed by atoms with Gasteiger partial charge in [0.15, 0.2) is 4.96 Å². The zero-order valence-electron chi connectivity index (χ0n) is 11.9. The van der Waals surface area contributed by atoms with E-state index in [-0.39, 0.29) is 5.63 Å². The van der Waals surface area contributed by atoms with Gasteiger partial charge in [-0.1, -0.05) is 30.3 Å². The van der Waals surface area contributed by atoms with Gasteiger partial charge in [0.1, 0.15) is 5.58 Å². The molecule has 0 aliphatic heterocycles. The third-order valence-electron chi connectivity index (χ3n) is 4.01. The summed E-state index contributed by atoms with van der Waals surface area (Å²) in [6, 6.07) is 13.8. The second-order valence-electron chi connectivity index (χ2n) is 5.37. The number of benzene rings is 2. The van der Waals surface area contributed by atoms with Crippen LogP contribution in [0.3, 0.4) is 0 Å². The second-order valence-corrected chi connectivity index (χ2v) is 6.24. The Morgan fingerprint density at radius 1 is 1.09 bits per heavy atom. The lowest BCUT2D eigenvalue weighted by Gasteiger charge is -2.04. The van der Waals surface area contributed by atoms with E-state index in [4.69, 9.17) is 4.42 Å². The lowest BCUT2D eigenvalue weighted by Crippen LogP contribution is -2.03. The fourth-order valence-corrected chi connectivity index (χ4v) is 3.61. The zero-order valence-corrected chi connectivity index (χ0v) is 12.7. The number of thiazole rings is 1. The molecule has 5 rings (SSSR count). The maximum Gasteiger partial charge on any atom is 0.345 e. The van der Waals surface area contributed by atoms with E-state index in [0.717, 1.165) is 21.1 Å². The topological polar surface area (TPSA) is 47.5 Å². The van der Waals surface area contributed by atoms with E-state index < -0.39 is 0 Å². The Kier molecular flexibility index (Phi) is 2.49. The number of fused-ring (bicyclic) bond motifs is 4. The van der Waals surface area contributed by atoms with E-state index in [2.05, 4.69) is 4.98 Å². The molecule has 23 heavy (non-hydrogen) atoms. The molecule has 0 saturated carbocycles. The molecule has 3 heterocycles. The highest BCUT2D eigenvalue weighted by Gasteiger charge is 2.13. The molecule has 0 amide bonds. The fraction of sp³-hybridized carbons (Fsp3) is 0. The highest BCUT2D eigenvalue weighted by atomic mass is 32.1. The Morgan fingerprint density at radius 3 is 2.91 bits per heavy atom. The van der Waals surface area contributed by atoms with E-state index in [1.807, 2.05) is 64.6 Å². The van der Waals surface area contributed by atoms with Crippen LogP contribution in [-0.2, 0) is 0 Å². The predicted molar refractivity (Wildman–Crippen MR) is 92.1 cm³/mol. The normalized spacial score (nSPS) is 11.7. The first-order valence-electron chi connectivity index (χ1n) is 7.18. The van der Waals surface area contributed by atoms with E-state index in [1.165, 1.54) is 11.3 Å². The van der Waals surface area contributed by atoms with Crippen molar-refractivity contribution < 1.29 is 4.42 Å². The molecular weight excluding hydrogens is 308 g/mol. The summed E-state index contributed by atoms with van der Waals surface area (Å²) in [6.07, 6.45) is 3.78. The summed E-state index contributed by atoms with van der Waals surface area (Å²) < 4.78 is 7.44. The molecule has 2 aromatic carbocycles. The van der Waals surface area contributed by atoms with Gasteiger partial charge in [0, 0.05) is 23.2 Å². The standard InChI is InChI=1S/C18H10N2O2S/c21-17-14(15-10-20-7-8-23-18(20)19-15)9-13-12-4-2-1-3-11(12)5-6-16(13)22-17/h1-10H. The van der Waals surface area contributed by atoms with Crippen LogP contribution in [0.15, 0.2) is 69.5 Å². The summed E-state index contributed by atoms with van der Waals surface area (Å²) in [5.41, 5.74) is 1.36. The van der Waals surface area contributed by atoms with Gasteiger partial charge in [-0.25, -0.2) is 9.78 Å². The Balaban J connectivity index is 1.87. The summed E-state index contributed by atoms with van der Waals surface area (Å²) in [5.74, 6) is 0. The molecule has 0 aliphatic rings. The van der Waals surface area contributed by atoms with Gasteiger partial charge >= 0.3 is 5.63 Å². The predicted octanol–water partition coefficient (Wildman–Crippen LogP) is 4.32. The molecule has 0 atom stereocenters. The number of rotatable bonds is 1. The lowest BCUT2D eigenvalue weighted by atomic mass is 10.0. The van der Waals surface area contributed by atoms with Crippen molar-refractivity contribution in [2.45, 2.75) is 0 Å². The lowest BCUT2D eigenvalue weighted by molar-refractivity contribution is 0.563. The third-order valence-corrected chi connectivity index (χ3v) is 4.78. The van der Waals surface area contributed by atoms with E-state index >= 15 is 0 Å². The number of nitrogens with zero attached hydrogens (tertiary/aromatic N) is 2. The van der Waals surface area contributed by atoms with Crippen LogP contribution in [0.2, 0.25) is 0 Å². The highest BCUT2D eigenvalue weighted by Crippen LogP contribution is 2.28. The summed E-state index contributed by atoms with van der Waals surface area (Å²) >= 11 is 1.53. The minimum atomic E-state index is -0.362. The first-order chi connectivity index (χ1) is 11.3. The largest absolute Gasteiger partial charge is 0.422 e. The van der Waals surface area contributed by atoms with Crippen molar-refractivity contribution in [2.75, 3.05) is 0 Å². The smallest absolute Gasteiger partial charge is 0.345 e. The first-order valence-corrected chi connectivity index (χ1v) is 8.06. The van der Waals surface area contributed by atoms with Crippen LogP contribution >= 0.6 is 11.3 Å². The molecule has 0 N–H and O–H groups in total. The number of hydrogen-bond donors (Lipinski definition) is 0. The van der Waals surface area contributed by atoms with Crippen molar-refractivity contribution >= 4 is 38.0 Å². The molecule has 0 bridgehead atoms. The van der Waals surface area contributed by atoms with Gasteiger partial charge in [-0.05, 0) is 22.9 Å². The quantitative estimate of drug-likeness (QED) is 0.341. The Hall–Kier alpha value is -2.92. The van der Waals surface area contributed by atoms with Gasteiger partial charge in [0.2, 0.25) is 0 Å². The van der Waals surface area contributed by atoms with E-state index in [1.54, 1.807) is 0 Å². The monoisotopic (exact) mass is 318 g/mol. The summed E-state index contributed by atoms with van der Waals surface area (Å²) in [6.45, 7) is 0. The van der Waals surface area contributed by atoms with Gasteiger partial charge in [-0.3, -0.25) is 4.40 Å². The number of imidazole rings is 1. The van der Waals surface area contributed by atoms with Crippen LogP contribution in [0.5, 0.6) is 0 Å². The molecule has 0 spiro atoms. The Morgan fingerprint density at radius 2 is 2.00 bits per heavy atom. The zero-order chi connectivity index (χ0) is 15.4. The van der Waals surface area contributed by atoms with Gasteiger partial charge in [0.25, 0.3) is 0 Å². The average Bonchev–Trinajstić information content (AvgIpc) is 3.15. The molecule has 0 saturated heterocycles. The van der Waals surface area contributed by atoms with Crippen LogP contribution in [-0.4, -0.2) is 9.38 Å². The Bertz CT molecular complexity index is 1220. The van der Waals surface area contributed by atoms with Crippen molar-refractivity contribution in [1.29, 1.82) is 0 Å². The van der Waals surface area contributed by atoms with E-state index in [9.17, 15) is 4.79 Å². The van der Waals surface area contributed by atoms with Gasteiger partial charge < -0.3 is 4.42 Å². The number of hydrogen-bond acceptors (Lipinski definition) is 4. The van der Waals surface area contributed by atoms with Crippen LogP contribution < -0.4 is 5.63 Å². The minimum Gasteiger partial charge on any atom is -0.422 e. The molecule has 0 fully saturated rings. The van der Waals surface area contributed by atoms with Crippen molar-refractivity contribution in [2.24, 2.45) is 0 Å². The molecule has 3 aromatic heterocycles. The van der Waals surface area contributed by atoms with Crippen LogP contribution in [0.4, 0.5) is 0 Å². The molecule has 0 radical (unpaired) electrons. The van der Waals surface area contributed by atoms with Crippen molar-refractivity contribution in [3.63, 3.8) is 0 Å². The van der Waals surface area contributed by atoms with Gasteiger partial charge in [0.05, 0.1) is 11.3 Å². The summed E-state index contributed by atoms with van der Waals surface area (Å²) in [7, 11) is 0. The van der Waals surface area contributed by atoms with E-state index in [0.29, 0.717) is 16.8 Å². The number of aromatic nitrogens is 2. The van der Waals surface area contributed by atoms with Crippen LogP contribution in [0.1, 0.15) is 0 Å². The molecule has 4 nitrogen and oxygen atoms in total. The molecular formula is C18H10N2O2S. The van der Waals surface area contributed by atoms with Crippen molar-refractivity contribution in [1.82, 2.24) is 9.38 Å². The fourth-order valence-electron chi connectivity index (χ4n) is 2.91. The highest BCUT2D eigenvalue weighted by molar-refractivity contribution is 7.15. The molecule has 5 heteroatoms. The third kappa shape index (κ3) is 1.83. The summed E-state index contributed by atoms with van der Waals surface area (Å²) in [4.78, 5) is 17.7. The maximum atomic E-state index is 12.4. The first kappa shape index (κ1) is 12.6.